The van der Waals surface area contributed by atoms with Crippen LogP contribution in [0.1, 0.15) is 110 Å². The minimum atomic E-state index is -0.00743. The van der Waals surface area contributed by atoms with E-state index >= 15 is 0 Å². The molecule has 0 saturated heterocycles. The number of nitrogens with zero attached hydrogens (tertiary/aromatic N) is 2. The zero-order valence-corrected chi connectivity index (χ0v) is 17.6. The van der Waals surface area contributed by atoms with E-state index < -0.39 is 0 Å². The van der Waals surface area contributed by atoms with Crippen LogP contribution in [0, 0.1) is 5.21 Å². The Balaban J connectivity index is 1.79. The Bertz CT molecular complexity index is 468. The molecule has 5 nitrogen and oxygen atoms in total. The van der Waals surface area contributed by atoms with E-state index in [1.807, 2.05) is 0 Å². The largest absolute Gasteiger partial charge is 0.754 e. The molecular formula is C22H42N4O. The molecule has 3 N–H and O–H groups in total. The molecule has 0 aliphatic rings. The summed E-state index contributed by atoms with van der Waals surface area (Å²) in [5.41, 5.74) is 5.49. The van der Waals surface area contributed by atoms with Crippen LogP contribution in [-0.2, 0) is 0 Å². The molecule has 0 aliphatic carbocycles. The predicted molar refractivity (Wildman–Crippen MR) is 116 cm³/mol. The molecule has 0 amide bonds. The molecule has 27 heavy (non-hydrogen) atoms. The zero-order chi connectivity index (χ0) is 19.6. The van der Waals surface area contributed by atoms with E-state index in [9.17, 15) is 5.21 Å². The van der Waals surface area contributed by atoms with Gasteiger partial charge in [0.25, 0.3) is 0 Å². The van der Waals surface area contributed by atoms with E-state index in [2.05, 4.69) is 17.2 Å². The van der Waals surface area contributed by atoms with Crippen LogP contribution in [0.2, 0.25) is 0 Å². The molecule has 1 rings (SSSR count). The summed E-state index contributed by atoms with van der Waals surface area (Å²) in [7, 11) is 0. The highest BCUT2D eigenvalue weighted by molar-refractivity contribution is 5.29. The quantitative estimate of drug-likeness (QED) is 0.187. The lowest BCUT2D eigenvalue weighted by atomic mass is 10.0. The molecular weight excluding hydrogens is 336 g/mol. The van der Waals surface area contributed by atoms with E-state index in [1.54, 1.807) is 12.3 Å². The molecule has 5 heteroatoms. The number of unbranched alkanes of at least 4 members (excludes halogenated alkanes) is 15. The Labute approximate surface area is 166 Å². The monoisotopic (exact) mass is 378 g/mol. The molecule has 0 radical (unpaired) electrons. The summed E-state index contributed by atoms with van der Waals surface area (Å²) in [6.45, 7) is 3.09. The van der Waals surface area contributed by atoms with Gasteiger partial charge < -0.3 is 16.3 Å². The van der Waals surface area contributed by atoms with Crippen molar-refractivity contribution in [2.24, 2.45) is 0 Å². The highest BCUT2D eigenvalue weighted by Crippen LogP contribution is 2.13. The first-order valence-corrected chi connectivity index (χ1v) is 11.3. The van der Waals surface area contributed by atoms with Crippen LogP contribution in [0.4, 0.5) is 11.8 Å². The molecule has 156 valence electrons. The first kappa shape index (κ1) is 23.5. The summed E-state index contributed by atoms with van der Waals surface area (Å²) in [5.74, 6) is 0.482. The van der Waals surface area contributed by atoms with Gasteiger partial charge in [-0.1, -0.05) is 103 Å². The van der Waals surface area contributed by atoms with E-state index in [0.29, 0.717) is 10.5 Å². The number of nitrogens with two attached hydrogens (primary N) is 1. The van der Waals surface area contributed by atoms with Gasteiger partial charge >= 0.3 is 5.95 Å². The van der Waals surface area contributed by atoms with E-state index in [1.165, 1.54) is 96.3 Å². The second kappa shape index (κ2) is 16.6. The molecule has 0 aliphatic heterocycles. The van der Waals surface area contributed by atoms with Crippen molar-refractivity contribution >= 4 is 11.8 Å². The first-order valence-electron chi connectivity index (χ1n) is 11.3. The van der Waals surface area contributed by atoms with E-state index in [-0.39, 0.29) is 5.95 Å². The van der Waals surface area contributed by atoms with Gasteiger partial charge in [0.05, 0.1) is 6.20 Å². The van der Waals surface area contributed by atoms with Gasteiger partial charge in [0, 0.05) is 12.6 Å². The number of rotatable bonds is 18. The average Bonchev–Trinajstić information content (AvgIpc) is 2.67. The van der Waals surface area contributed by atoms with Gasteiger partial charge in [0.15, 0.2) is 5.82 Å². The third-order valence-electron chi connectivity index (χ3n) is 5.20. The first-order chi connectivity index (χ1) is 13.3. The number of nitrogen functional groups attached to an aromatic ring is 1. The van der Waals surface area contributed by atoms with Crippen LogP contribution >= 0.6 is 0 Å². The topological polar surface area (TPSA) is 77.9 Å². The van der Waals surface area contributed by atoms with Gasteiger partial charge in [-0.2, -0.15) is 0 Å². The van der Waals surface area contributed by atoms with Crippen molar-refractivity contribution in [2.45, 2.75) is 110 Å². The number of anilines is 2. The molecule has 1 heterocycles. The Kier molecular flexibility index (Phi) is 14.5. The summed E-state index contributed by atoms with van der Waals surface area (Å²) in [5, 5.41) is 14.8. The van der Waals surface area contributed by atoms with Crippen molar-refractivity contribution in [1.82, 2.24) is 4.98 Å². The minimum Gasteiger partial charge on any atom is -0.754 e. The minimum absolute atomic E-state index is 0.00743. The molecule has 0 saturated carbocycles. The van der Waals surface area contributed by atoms with E-state index in [4.69, 9.17) is 5.73 Å². The molecule has 0 unspecified atom stereocenters. The molecule has 0 spiro atoms. The lowest BCUT2D eigenvalue weighted by Gasteiger charge is -2.12. The number of nitrogens with one attached hydrogen (secondary N) is 1. The third kappa shape index (κ3) is 12.5. The van der Waals surface area contributed by atoms with Crippen molar-refractivity contribution in [2.75, 3.05) is 17.6 Å². The van der Waals surface area contributed by atoms with Crippen LogP contribution < -0.4 is 15.8 Å². The van der Waals surface area contributed by atoms with Crippen LogP contribution in [0.25, 0.3) is 0 Å². The van der Waals surface area contributed by atoms with Gasteiger partial charge in [-0.15, -0.1) is 4.98 Å². The number of hydrogen-bond donors (Lipinski definition) is 2. The van der Waals surface area contributed by atoms with Gasteiger partial charge in [-0.25, -0.2) is 4.73 Å². The van der Waals surface area contributed by atoms with Crippen molar-refractivity contribution in [3.8, 4) is 0 Å². The normalized spacial score (nSPS) is 11.0. The molecule has 1 aromatic heterocycles. The Morgan fingerprint density at radius 2 is 1.26 bits per heavy atom. The summed E-state index contributed by atoms with van der Waals surface area (Å²) in [4.78, 5) is 3.75. The second-order valence-electron chi connectivity index (χ2n) is 7.71. The number of hydrogen-bond acceptors (Lipinski definition) is 4. The molecule has 0 atom stereocenters. The van der Waals surface area contributed by atoms with Crippen LogP contribution in [-0.4, -0.2) is 11.5 Å². The van der Waals surface area contributed by atoms with Crippen LogP contribution in [0.3, 0.4) is 0 Å². The van der Waals surface area contributed by atoms with Gasteiger partial charge in [-0.3, -0.25) is 0 Å². The fourth-order valence-electron chi connectivity index (χ4n) is 3.45. The average molecular weight is 379 g/mol. The van der Waals surface area contributed by atoms with Gasteiger partial charge in [0.1, 0.15) is 0 Å². The highest BCUT2D eigenvalue weighted by atomic mass is 16.5. The maximum absolute atomic E-state index is 11.6. The Morgan fingerprint density at radius 3 is 1.74 bits per heavy atom. The van der Waals surface area contributed by atoms with Crippen molar-refractivity contribution in [3.05, 3.63) is 17.5 Å². The summed E-state index contributed by atoms with van der Waals surface area (Å²) in [6.07, 6.45) is 23.4. The maximum atomic E-state index is 11.6. The van der Waals surface area contributed by atoms with Crippen LogP contribution in [0.5, 0.6) is 0 Å². The lowest BCUT2D eigenvalue weighted by molar-refractivity contribution is -0.577. The molecule has 0 aromatic carbocycles. The van der Waals surface area contributed by atoms with Gasteiger partial charge in [0.2, 0.25) is 0 Å². The fraction of sp³-hybridized carbons (Fsp3) is 0.818. The third-order valence-corrected chi connectivity index (χ3v) is 5.20. The second-order valence-corrected chi connectivity index (χ2v) is 7.71. The smallest absolute Gasteiger partial charge is 0.343 e. The summed E-state index contributed by atoms with van der Waals surface area (Å²) in [6, 6.07) is 1.66. The fourth-order valence-corrected chi connectivity index (χ4v) is 3.45. The predicted octanol–water partition coefficient (Wildman–Crippen LogP) is 5.97. The van der Waals surface area contributed by atoms with Crippen molar-refractivity contribution < 1.29 is 4.73 Å². The number of aromatic nitrogens is 2. The lowest BCUT2D eigenvalue weighted by Crippen LogP contribution is -2.35. The molecule has 0 bridgehead atoms. The molecule has 0 fully saturated rings. The standard InChI is InChI=1S/C22H42N4O/c1-2-3-4-5-6-7-8-9-10-11-12-13-14-15-16-17-19-24-21-18-20-25-22(23)26(21)27/h18,20,24H,2-17,19H2,1H3,(H2,23,25). The summed E-state index contributed by atoms with van der Waals surface area (Å²) < 4.78 is 0.645. The molecule has 1 aromatic rings. The maximum Gasteiger partial charge on any atom is 0.343 e. The summed E-state index contributed by atoms with van der Waals surface area (Å²) >= 11 is 0. The van der Waals surface area contributed by atoms with Crippen molar-refractivity contribution in [1.29, 1.82) is 0 Å². The SMILES string of the molecule is CCCCCCCCCCCCCCCCCCNc1ccnc(N)[n+]1[O-]. The Morgan fingerprint density at radius 1 is 0.815 bits per heavy atom. The highest BCUT2D eigenvalue weighted by Gasteiger charge is 2.03. The van der Waals surface area contributed by atoms with E-state index in [0.717, 1.165) is 13.0 Å². The zero-order valence-electron chi connectivity index (χ0n) is 17.6. The van der Waals surface area contributed by atoms with Crippen molar-refractivity contribution in [3.63, 3.8) is 0 Å². The van der Waals surface area contributed by atoms with Gasteiger partial charge in [-0.05, 0) is 6.42 Å². The Hall–Kier alpha value is -1.52. The van der Waals surface area contributed by atoms with Crippen LogP contribution in [0.15, 0.2) is 12.3 Å².